The highest BCUT2D eigenvalue weighted by Gasteiger charge is 1.86. The molecule has 0 aliphatic carbocycles. The molecule has 0 aromatic carbocycles. The Balaban J connectivity index is 2.65. The summed E-state index contributed by atoms with van der Waals surface area (Å²) in [6, 6.07) is 0. The lowest BCUT2D eigenvalue weighted by Crippen LogP contribution is -2.05. The highest BCUT2D eigenvalue weighted by atomic mass is 16.6. The molecule has 0 radical (unpaired) electrons. The Labute approximate surface area is 62.0 Å². The normalized spacial score (nSPS) is 10.2. The highest BCUT2D eigenvalue weighted by molar-refractivity contribution is 4.32. The molecule has 1 N–H and O–H groups in total. The van der Waals surface area contributed by atoms with Crippen LogP contribution in [0.4, 0.5) is 0 Å². The largest absolute Gasteiger partial charge is 0.379 e. The first-order valence-electron chi connectivity index (χ1n) is 3.68. The summed E-state index contributed by atoms with van der Waals surface area (Å²) in [7, 11) is 0. The molecular formula is C7H16O3. The summed E-state index contributed by atoms with van der Waals surface area (Å²) in [5, 5.41) is 8.19. The lowest BCUT2D eigenvalue weighted by atomic mass is 10.4. The van der Waals surface area contributed by atoms with Gasteiger partial charge < -0.3 is 14.6 Å². The molecule has 0 saturated carbocycles. The fourth-order valence-electron chi connectivity index (χ4n) is 0.531. The predicted octanol–water partition coefficient (Wildman–Crippen LogP) is 0.769. The van der Waals surface area contributed by atoms with Crippen LogP contribution in [-0.4, -0.2) is 31.7 Å². The van der Waals surface area contributed by atoms with Gasteiger partial charge >= 0.3 is 0 Å². The van der Waals surface area contributed by atoms with Gasteiger partial charge in [0.05, 0.1) is 13.2 Å². The quantitative estimate of drug-likeness (QED) is 0.428. The molecule has 0 aliphatic rings. The lowest BCUT2D eigenvalue weighted by Gasteiger charge is -2.01. The van der Waals surface area contributed by atoms with Crippen LogP contribution in [0.3, 0.4) is 0 Å². The zero-order chi connectivity index (χ0) is 7.66. The second-order valence-corrected chi connectivity index (χ2v) is 2.00. The van der Waals surface area contributed by atoms with Gasteiger partial charge in [0.25, 0.3) is 0 Å². The first-order chi connectivity index (χ1) is 4.91. The summed E-state index contributed by atoms with van der Waals surface area (Å²) in [5.41, 5.74) is 0. The van der Waals surface area contributed by atoms with Crippen LogP contribution in [0.2, 0.25) is 0 Å². The Kier molecular flexibility index (Phi) is 8.77. The number of hydrogen-bond donors (Lipinski definition) is 1. The van der Waals surface area contributed by atoms with E-state index in [1.54, 1.807) is 0 Å². The second-order valence-electron chi connectivity index (χ2n) is 2.00. The maximum absolute atomic E-state index is 8.19. The maximum atomic E-state index is 8.19. The lowest BCUT2D eigenvalue weighted by molar-refractivity contribution is -0.0294. The van der Waals surface area contributed by atoms with E-state index in [0.717, 1.165) is 19.4 Å². The van der Waals surface area contributed by atoms with Gasteiger partial charge in [-0.2, -0.15) is 0 Å². The number of ether oxygens (including phenoxy) is 2. The third kappa shape index (κ3) is 7.88. The van der Waals surface area contributed by atoms with Crippen LogP contribution in [0.25, 0.3) is 0 Å². The van der Waals surface area contributed by atoms with E-state index in [9.17, 15) is 0 Å². The maximum Gasteiger partial charge on any atom is 0.143 e. The molecule has 0 saturated heterocycles. The Morgan fingerprint density at radius 3 is 2.40 bits per heavy atom. The molecule has 0 amide bonds. The fourth-order valence-corrected chi connectivity index (χ4v) is 0.531. The van der Waals surface area contributed by atoms with Crippen LogP contribution in [0.5, 0.6) is 0 Å². The van der Waals surface area contributed by atoms with Gasteiger partial charge in [0.2, 0.25) is 0 Å². The van der Waals surface area contributed by atoms with E-state index < -0.39 is 0 Å². The summed E-state index contributed by atoms with van der Waals surface area (Å²) in [4.78, 5) is 0. The number of aliphatic hydroxyl groups excluding tert-OH is 1. The first kappa shape index (κ1) is 9.88. The van der Waals surface area contributed by atoms with E-state index in [1.807, 2.05) is 0 Å². The summed E-state index contributed by atoms with van der Waals surface area (Å²) >= 11 is 0. The smallest absolute Gasteiger partial charge is 0.143 e. The zero-order valence-electron chi connectivity index (χ0n) is 6.51. The van der Waals surface area contributed by atoms with Crippen molar-refractivity contribution in [2.75, 3.05) is 26.6 Å². The van der Waals surface area contributed by atoms with E-state index in [-0.39, 0.29) is 6.79 Å². The van der Waals surface area contributed by atoms with Gasteiger partial charge in [0.15, 0.2) is 0 Å². The Hall–Kier alpha value is -0.120. The summed E-state index contributed by atoms with van der Waals surface area (Å²) in [5.74, 6) is 0. The summed E-state index contributed by atoms with van der Waals surface area (Å²) in [6.45, 7) is 3.77. The van der Waals surface area contributed by atoms with Gasteiger partial charge in [-0.15, -0.1) is 0 Å². The topological polar surface area (TPSA) is 38.7 Å². The number of rotatable bonds is 7. The molecule has 0 spiro atoms. The average Bonchev–Trinajstić information content (AvgIpc) is 1.97. The van der Waals surface area contributed by atoms with Crippen molar-refractivity contribution in [1.29, 1.82) is 0 Å². The van der Waals surface area contributed by atoms with Crippen LogP contribution >= 0.6 is 0 Å². The van der Waals surface area contributed by atoms with Crippen molar-refractivity contribution in [3.8, 4) is 0 Å². The summed E-state index contributed by atoms with van der Waals surface area (Å²) in [6.07, 6.45) is 2.25. The molecule has 0 aliphatic heterocycles. The van der Waals surface area contributed by atoms with Gasteiger partial charge in [-0.25, -0.2) is 0 Å². The summed E-state index contributed by atoms with van der Waals surface area (Å²) < 4.78 is 9.78. The van der Waals surface area contributed by atoms with Gasteiger partial charge in [-0.3, -0.25) is 0 Å². The van der Waals surface area contributed by atoms with Gasteiger partial charge in [-0.1, -0.05) is 13.3 Å². The van der Waals surface area contributed by atoms with Crippen molar-refractivity contribution in [3.63, 3.8) is 0 Å². The van der Waals surface area contributed by atoms with Crippen LogP contribution in [0.15, 0.2) is 0 Å². The molecule has 0 unspecified atom stereocenters. The predicted molar refractivity (Wildman–Crippen MR) is 38.8 cm³/mol. The van der Waals surface area contributed by atoms with Gasteiger partial charge in [0.1, 0.15) is 6.79 Å². The van der Waals surface area contributed by atoms with Crippen LogP contribution in [-0.2, 0) is 9.47 Å². The standard InChI is InChI=1S/C7H16O3/c1-2-3-4-9-5-6-10-7-8/h8H,2-7H2,1H3. The van der Waals surface area contributed by atoms with E-state index >= 15 is 0 Å². The molecule has 0 fully saturated rings. The molecule has 0 aromatic rings. The molecule has 10 heavy (non-hydrogen) atoms. The molecule has 0 atom stereocenters. The number of hydrogen-bond acceptors (Lipinski definition) is 3. The van der Waals surface area contributed by atoms with E-state index in [0.29, 0.717) is 13.2 Å². The van der Waals surface area contributed by atoms with Crippen molar-refractivity contribution >= 4 is 0 Å². The van der Waals surface area contributed by atoms with Crippen molar-refractivity contribution in [1.82, 2.24) is 0 Å². The first-order valence-corrected chi connectivity index (χ1v) is 3.68. The Bertz CT molecular complexity index is 48.8. The molecule has 0 aromatic heterocycles. The van der Waals surface area contributed by atoms with Crippen LogP contribution in [0, 0.1) is 0 Å². The van der Waals surface area contributed by atoms with Gasteiger partial charge in [-0.05, 0) is 6.42 Å². The fraction of sp³-hybridized carbons (Fsp3) is 1.00. The monoisotopic (exact) mass is 148 g/mol. The minimum absolute atomic E-state index is 0.211. The minimum Gasteiger partial charge on any atom is -0.379 e. The molecule has 0 bridgehead atoms. The van der Waals surface area contributed by atoms with Crippen molar-refractivity contribution in [2.45, 2.75) is 19.8 Å². The highest BCUT2D eigenvalue weighted by Crippen LogP contribution is 1.87. The number of unbranched alkanes of at least 4 members (excludes halogenated alkanes) is 1. The molecule has 0 rings (SSSR count). The molecule has 3 nitrogen and oxygen atoms in total. The Morgan fingerprint density at radius 1 is 1.10 bits per heavy atom. The molecular weight excluding hydrogens is 132 g/mol. The van der Waals surface area contributed by atoms with E-state index in [1.165, 1.54) is 0 Å². The average molecular weight is 148 g/mol. The van der Waals surface area contributed by atoms with Crippen LogP contribution < -0.4 is 0 Å². The zero-order valence-corrected chi connectivity index (χ0v) is 6.51. The van der Waals surface area contributed by atoms with Crippen LogP contribution in [0.1, 0.15) is 19.8 Å². The Morgan fingerprint density at radius 2 is 1.80 bits per heavy atom. The minimum atomic E-state index is -0.211. The third-order valence-corrected chi connectivity index (χ3v) is 1.11. The molecule has 3 heteroatoms. The SMILES string of the molecule is CCCCOCCOCO. The van der Waals surface area contributed by atoms with E-state index in [2.05, 4.69) is 11.7 Å². The van der Waals surface area contributed by atoms with Crippen molar-refractivity contribution in [3.05, 3.63) is 0 Å². The second kappa shape index (κ2) is 8.88. The van der Waals surface area contributed by atoms with Crippen molar-refractivity contribution in [2.24, 2.45) is 0 Å². The molecule has 0 heterocycles. The molecule has 62 valence electrons. The van der Waals surface area contributed by atoms with Gasteiger partial charge in [0, 0.05) is 6.61 Å². The van der Waals surface area contributed by atoms with E-state index in [4.69, 9.17) is 9.84 Å². The number of aliphatic hydroxyl groups is 1. The van der Waals surface area contributed by atoms with Crippen molar-refractivity contribution < 1.29 is 14.6 Å². The third-order valence-electron chi connectivity index (χ3n) is 1.11.